The van der Waals surface area contributed by atoms with Gasteiger partial charge in [-0.05, 0) is 41.1 Å². The fourth-order valence-corrected chi connectivity index (χ4v) is 3.96. The number of carbonyl (C=O) groups excluding carboxylic acids is 2. The van der Waals surface area contributed by atoms with Crippen molar-refractivity contribution in [3.05, 3.63) is 72.3 Å². The van der Waals surface area contributed by atoms with Crippen LogP contribution in [0.2, 0.25) is 0 Å². The molecule has 0 saturated heterocycles. The predicted octanol–water partition coefficient (Wildman–Crippen LogP) is 3.71. The molecule has 0 heterocycles. The Kier molecular flexibility index (Phi) is 7.34. The summed E-state index contributed by atoms with van der Waals surface area (Å²) in [5.74, 6) is -1.69. The number of sulfonamides is 1. The summed E-state index contributed by atoms with van der Waals surface area (Å²) in [5, 5.41) is 3.82. The minimum Gasteiger partial charge on any atom is -0.456 e. The molecule has 3 aromatic rings. The van der Waals surface area contributed by atoms with Gasteiger partial charge in [-0.1, -0.05) is 36.4 Å². The van der Waals surface area contributed by atoms with Crippen LogP contribution in [0.15, 0.2) is 71.6 Å². The number of anilines is 1. The topological polar surface area (TPSA) is 102 Å². The zero-order valence-electron chi connectivity index (χ0n) is 17.1. The van der Waals surface area contributed by atoms with E-state index >= 15 is 0 Å². The van der Waals surface area contributed by atoms with Crippen LogP contribution >= 0.6 is 0 Å². The molecule has 0 aliphatic heterocycles. The van der Waals surface area contributed by atoms with Crippen LogP contribution in [-0.4, -0.2) is 33.4 Å². The molecule has 0 atom stereocenters. The van der Waals surface area contributed by atoms with E-state index in [4.69, 9.17) is 4.74 Å². The van der Waals surface area contributed by atoms with Gasteiger partial charge in [0, 0.05) is 12.2 Å². The van der Waals surface area contributed by atoms with Crippen LogP contribution in [0.3, 0.4) is 0 Å². The first kappa shape index (κ1) is 24.2. The third-order valence-electron chi connectivity index (χ3n) is 4.49. The van der Waals surface area contributed by atoms with Crippen molar-refractivity contribution in [2.75, 3.05) is 18.5 Å². The van der Waals surface area contributed by atoms with Crippen molar-refractivity contribution >= 4 is 38.4 Å². The van der Waals surface area contributed by atoms with Gasteiger partial charge >= 0.3 is 12.1 Å². The van der Waals surface area contributed by atoms with Crippen LogP contribution < -0.4 is 10.0 Å². The molecular formula is C22H19F3N2O5S. The number of rotatable bonds is 8. The molecule has 174 valence electrons. The third kappa shape index (κ3) is 6.77. The number of ether oxygens (including phenoxy) is 1. The molecule has 33 heavy (non-hydrogen) atoms. The first-order valence-corrected chi connectivity index (χ1v) is 11.1. The maximum Gasteiger partial charge on any atom is 0.416 e. The second-order valence-corrected chi connectivity index (χ2v) is 8.71. The summed E-state index contributed by atoms with van der Waals surface area (Å²) in [4.78, 5) is 23.7. The molecule has 3 rings (SSSR count). The summed E-state index contributed by atoms with van der Waals surface area (Å²) in [6.45, 7) is -0.990. The number of carbonyl (C=O) groups is 2. The summed E-state index contributed by atoms with van der Waals surface area (Å²) >= 11 is 0. The summed E-state index contributed by atoms with van der Waals surface area (Å²) < 4.78 is 70.0. The highest BCUT2D eigenvalue weighted by molar-refractivity contribution is 7.89. The average Bonchev–Trinajstić information content (AvgIpc) is 2.77. The van der Waals surface area contributed by atoms with Gasteiger partial charge in [0.2, 0.25) is 10.0 Å². The summed E-state index contributed by atoms with van der Waals surface area (Å²) in [5.41, 5.74) is -1.04. The van der Waals surface area contributed by atoms with Crippen LogP contribution in [0.25, 0.3) is 10.8 Å². The number of benzene rings is 3. The van der Waals surface area contributed by atoms with E-state index in [0.29, 0.717) is 0 Å². The van der Waals surface area contributed by atoms with Crippen molar-refractivity contribution in [2.24, 2.45) is 0 Å². The predicted molar refractivity (Wildman–Crippen MR) is 115 cm³/mol. The average molecular weight is 480 g/mol. The van der Waals surface area contributed by atoms with Crippen molar-refractivity contribution in [2.45, 2.75) is 17.5 Å². The van der Waals surface area contributed by atoms with Crippen molar-refractivity contribution in [1.82, 2.24) is 4.72 Å². The van der Waals surface area contributed by atoms with Gasteiger partial charge in [0.15, 0.2) is 6.61 Å². The molecule has 0 saturated carbocycles. The largest absolute Gasteiger partial charge is 0.456 e. The van der Waals surface area contributed by atoms with E-state index in [-0.39, 0.29) is 23.5 Å². The van der Waals surface area contributed by atoms with Gasteiger partial charge in [0.05, 0.1) is 16.9 Å². The smallest absolute Gasteiger partial charge is 0.416 e. The molecule has 2 N–H and O–H groups in total. The van der Waals surface area contributed by atoms with Crippen molar-refractivity contribution in [1.29, 1.82) is 0 Å². The Labute approximate surface area is 187 Å². The summed E-state index contributed by atoms with van der Waals surface area (Å²) in [6, 6.07) is 15.9. The Bertz CT molecular complexity index is 1280. The van der Waals surface area contributed by atoms with E-state index in [1.54, 1.807) is 18.2 Å². The van der Waals surface area contributed by atoms with Gasteiger partial charge in [-0.25, -0.2) is 13.1 Å². The third-order valence-corrected chi connectivity index (χ3v) is 5.95. The van der Waals surface area contributed by atoms with Crippen molar-refractivity contribution in [3.63, 3.8) is 0 Å². The Hall–Kier alpha value is -3.44. The normalized spacial score (nSPS) is 11.8. The Balaban J connectivity index is 1.46. The first-order valence-electron chi connectivity index (χ1n) is 9.66. The second-order valence-electron chi connectivity index (χ2n) is 6.94. The number of fused-ring (bicyclic) bond motifs is 1. The lowest BCUT2D eigenvalue weighted by Gasteiger charge is -2.10. The summed E-state index contributed by atoms with van der Waals surface area (Å²) in [6.07, 6.45) is -4.91. The molecule has 7 nitrogen and oxygen atoms in total. The number of alkyl halides is 3. The number of amides is 1. The lowest BCUT2D eigenvalue weighted by atomic mass is 10.1. The van der Waals surface area contributed by atoms with Gasteiger partial charge in [0.1, 0.15) is 0 Å². The molecule has 0 aliphatic rings. The standard InChI is InChI=1S/C22H19F3N2O5S/c23-22(24,25)17-6-3-7-18(13-17)27-20(28)14-32-21(29)10-11-26-33(30,31)19-9-8-15-4-1-2-5-16(15)12-19/h1-9,12-13,26H,10-11,14H2,(H,27,28). The van der Waals surface area contributed by atoms with E-state index in [1.165, 1.54) is 18.2 Å². The van der Waals surface area contributed by atoms with Crippen LogP contribution in [0.5, 0.6) is 0 Å². The van der Waals surface area contributed by atoms with Crippen LogP contribution in [0.1, 0.15) is 12.0 Å². The highest BCUT2D eigenvalue weighted by atomic mass is 32.2. The monoisotopic (exact) mass is 480 g/mol. The highest BCUT2D eigenvalue weighted by Crippen LogP contribution is 2.30. The fourth-order valence-electron chi connectivity index (χ4n) is 2.89. The molecule has 0 fully saturated rings. The van der Waals surface area contributed by atoms with Gasteiger partial charge < -0.3 is 10.1 Å². The maximum atomic E-state index is 12.7. The maximum absolute atomic E-state index is 12.7. The zero-order chi connectivity index (χ0) is 24.1. The molecule has 0 unspecified atom stereocenters. The minimum atomic E-state index is -4.56. The molecule has 0 aromatic heterocycles. The lowest BCUT2D eigenvalue weighted by molar-refractivity contribution is -0.147. The molecule has 0 aliphatic carbocycles. The molecular weight excluding hydrogens is 461 g/mol. The Morgan fingerprint density at radius 2 is 1.64 bits per heavy atom. The number of halogens is 3. The molecule has 0 bridgehead atoms. The lowest BCUT2D eigenvalue weighted by Crippen LogP contribution is -2.28. The molecule has 3 aromatic carbocycles. The molecule has 0 radical (unpaired) electrons. The van der Waals surface area contributed by atoms with E-state index in [0.717, 1.165) is 29.0 Å². The first-order chi connectivity index (χ1) is 15.5. The van der Waals surface area contributed by atoms with E-state index in [1.807, 2.05) is 12.1 Å². The molecule has 11 heteroatoms. The fraction of sp³-hybridized carbons (Fsp3) is 0.182. The van der Waals surface area contributed by atoms with Gasteiger partial charge in [-0.2, -0.15) is 13.2 Å². The highest BCUT2D eigenvalue weighted by Gasteiger charge is 2.30. The number of hydrogen-bond acceptors (Lipinski definition) is 5. The zero-order valence-corrected chi connectivity index (χ0v) is 17.9. The van der Waals surface area contributed by atoms with E-state index in [9.17, 15) is 31.2 Å². The number of nitrogens with one attached hydrogen (secondary N) is 2. The van der Waals surface area contributed by atoms with Crippen LogP contribution in [-0.2, 0) is 30.5 Å². The van der Waals surface area contributed by atoms with Crippen molar-refractivity contribution in [3.8, 4) is 0 Å². The van der Waals surface area contributed by atoms with Gasteiger partial charge in [-0.15, -0.1) is 0 Å². The Morgan fingerprint density at radius 1 is 0.909 bits per heavy atom. The van der Waals surface area contributed by atoms with Gasteiger partial charge in [-0.3, -0.25) is 9.59 Å². The van der Waals surface area contributed by atoms with Crippen molar-refractivity contribution < 1.29 is 35.9 Å². The van der Waals surface area contributed by atoms with Crippen LogP contribution in [0.4, 0.5) is 18.9 Å². The Morgan fingerprint density at radius 3 is 2.36 bits per heavy atom. The number of hydrogen-bond donors (Lipinski definition) is 2. The molecule has 1 amide bonds. The van der Waals surface area contributed by atoms with E-state index < -0.39 is 40.2 Å². The number of esters is 1. The second kappa shape index (κ2) is 10.0. The quantitative estimate of drug-likeness (QED) is 0.479. The minimum absolute atomic E-state index is 0.0371. The van der Waals surface area contributed by atoms with E-state index in [2.05, 4.69) is 10.0 Å². The molecule has 0 spiro atoms. The SMILES string of the molecule is O=C(COC(=O)CCNS(=O)(=O)c1ccc2ccccc2c1)Nc1cccc(C(F)(F)F)c1. The van der Waals surface area contributed by atoms with Gasteiger partial charge in [0.25, 0.3) is 5.91 Å². The summed E-state index contributed by atoms with van der Waals surface area (Å²) in [7, 11) is -3.86. The van der Waals surface area contributed by atoms with Crippen LogP contribution in [0, 0.1) is 0 Å².